The second kappa shape index (κ2) is 4.00. The lowest BCUT2D eigenvalue weighted by atomic mass is 9.99. The number of halogens is 2. The van der Waals surface area contributed by atoms with Crippen molar-refractivity contribution in [2.24, 2.45) is 5.92 Å². The van der Waals surface area contributed by atoms with E-state index in [2.05, 4.69) is 0 Å². The van der Waals surface area contributed by atoms with Crippen LogP contribution in [0.4, 0.5) is 8.78 Å². The SMILES string of the molecule is O=C(Cc1cccs1)C1CCC(F)(F)C1. The molecule has 0 spiro atoms. The summed E-state index contributed by atoms with van der Waals surface area (Å²) in [6.45, 7) is 0. The van der Waals surface area contributed by atoms with Crippen LogP contribution in [0.25, 0.3) is 0 Å². The number of thiophene rings is 1. The van der Waals surface area contributed by atoms with Gasteiger partial charge in [0.2, 0.25) is 5.92 Å². The fraction of sp³-hybridized carbons (Fsp3) is 0.545. The summed E-state index contributed by atoms with van der Waals surface area (Å²) in [7, 11) is 0. The molecule has 1 aromatic rings. The molecule has 0 aliphatic heterocycles. The quantitative estimate of drug-likeness (QED) is 0.778. The van der Waals surface area contributed by atoms with Gasteiger partial charge in [0, 0.05) is 30.1 Å². The fourth-order valence-electron chi connectivity index (χ4n) is 1.95. The highest BCUT2D eigenvalue weighted by Gasteiger charge is 2.42. The first-order valence-corrected chi connectivity index (χ1v) is 5.88. The first kappa shape index (κ1) is 10.7. The molecule has 1 saturated carbocycles. The van der Waals surface area contributed by atoms with E-state index in [0.717, 1.165) is 4.88 Å². The lowest BCUT2D eigenvalue weighted by Gasteiger charge is -2.08. The van der Waals surface area contributed by atoms with Crippen molar-refractivity contribution in [1.82, 2.24) is 0 Å². The smallest absolute Gasteiger partial charge is 0.248 e. The van der Waals surface area contributed by atoms with Crippen molar-refractivity contribution in [2.75, 3.05) is 0 Å². The van der Waals surface area contributed by atoms with Gasteiger partial charge in [-0.15, -0.1) is 11.3 Å². The number of Topliss-reactive ketones (excluding diaryl/α,β-unsaturated/α-hetero) is 1. The summed E-state index contributed by atoms with van der Waals surface area (Å²) in [4.78, 5) is 12.6. The minimum absolute atomic E-state index is 0.0328. The van der Waals surface area contributed by atoms with Gasteiger partial charge in [0.05, 0.1) is 0 Å². The fourth-order valence-corrected chi connectivity index (χ4v) is 2.67. The molecule has 1 aromatic heterocycles. The number of carbonyl (C=O) groups is 1. The van der Waals surface area contributed by atoms with Gasteiger partial charge in [-0.05, 0) is 17.9 Å². The van der Waals surface area contributed by atoms with E-state index in [1.54, 1.807) is 0 Å². The van der Waals surface area contributed by atoms with Crippen molar-refractivity contribution in [3.05, 3.63) is 22.4 Å². The molecule has 2 rings (SSSR count). The molecule has 0 bridgehead atoms. The van der Waals surface area contributed by atoms with Gasteiger partial charge in [0.25, 0.3) is 0 Å². The van der Waals surface area contributed by atoms with E-state index in [1.165, 1.54) is 11.3 Å². The molecule has 1 unspecified atom stereocenters. The maximum atomic E-state index is 12.9. The maximum absolute atomic E-state index is 12.9. The Morgan fingerprint density at radius 2 is 2.40 bits per heavy atom. The topological polar surface area (TPSA) is 17.1 Å². The third kappa shape index (κ3) is 2.62. The van der Waals surface area contributed by atoms with Crippen LogP contribution in [-0.2, 0) is 11.2 Å². The minimum Gasteiger partial charge on any atom is -0.299 e. The largest absolute Gasteiger partial charge is 0.299 e. The summed E-state index contributed by atoms with van der Waals surface area (Å²) in [5.41, 5.74) is 0. The van der Waals surface area contributed by atoms with Crippen molar-refractivity contribution in [1.29, 1.82) is 0 Å². The van der Waals surface area contributed by atoms with Crippen LogP contribution in [0.2, 0.25) is 0 Å². The van der Waals surface area contributed by atoms with Crippen LogP contribution >= 0.6 is 11.3 Å². The molecule has 4 heteroatoms. The average Bonchev–Trinajstić information content (AvgIpc) is 2.74. The Kier molecular flexibility index (Phi) is 2.87. The van der Waals surface area contributed by atoms with E-state index in [9.17, 15) is 13.6 Å². The molecule has 0 saturated heterocycles. The lowest BCUT2D eigenvalue weighted by Crippen LogP contribution is -2.16. The van der Waals surface area contributed by atoms with E-state index >= 15 is 0 Å². The van der Waals surface area contributed by atoms with Crippen LogP contribution < -0.4 is 0 Å². The van der Waals surface area contributed by atoms with Crippen LogP contribution in [0.5, 0.6) is 0 Å². The summed E-state index contributed by atoms with van der Waals surface area (Å²) >= 11 is 1.50. The van der Waals surface area contributed by atoms with Crippen molar-refractivity contribution in [2.45, 2.75) is 31.6 Å². The second-order valence-corrected chi connectivity index (χ2v) is 5.05. The molecular formula is C11H12F2OS. The van der Waals surface area contributed by atoms with Crippen molar-refractivity contribution >= 4 is 17.1 Å². The molecule has 1 fully saturated rings. The van der Waals surface area contributed by atoms with E-state index in [4.69, 9.17) is 0 Å². The normalized spacial score (nSPS) is 24.3. The van der Waals surface area contributed by atoms with Crippen LogP contribution in [0.3, 0.4) is 0 Å². The second-order valence-electron chi connectivity index (χ2n) is 4.02. The predicted octanol–water partition coefficient (Wildman–Crippen LogP) is 3.30. The van der Waals surface area contributed by atoms with Gasteiger partial charge in [-0.25, -0.2) is 8.78 Å². The van der Waals surface area contributed by atoms with Crippen molar-refractivity contribution in [3.63, 3.8) is 0 Å². The van der Waals surface area contributed by atoms with Crippen LogP contribution in [0, 0.1) is 5.92 Å². The molecule has 1 heterocycles. The Morgan fingerprint density at radius 3 is 2.93 bits per heavy atom. The van der Waals surface area contributed by atoms with Crippen molar-refractivity contribution < 1.29 is 13.6 Å². The molecule has 0 amide bonds. The monoisotopic (exact) mass is 230 g/mol. The Bertz CT molecular complexity index is 345. The molecule has 82 valence electrons. The summed E-state index contributed by atoms with van der Waals surface area (Å²) in [6.07, 6.45) is 0.278. The third-order valence-electron chi connectivity index (χ3n) is 2.79. The van der Waals surface area contributed by atoms with E-state index in [1.807, 2.05) is 17.5 Å². The molecule has 0 aromatic carbocycles. The highest BCUT2D eigenvalue weighted by molar-refractivity contribution is 7.10. The lowest BCUT2D eigenvalue weighted by molar-refractivity contribution is -0.122. The molecule has 1 aliphatic rings. The summed E-state index contributed by atoms with van der Waals surface area (Å²) in [5, 5.41) is 1.89. The van der Waals surface area contributed by atoms with E-state index < -0.39 is 11.8 Å². The molecule has 15 heavy (non-hydrogen) atoms. The Morgan fingerprint density at radius 1 is 1.60 bits per heavy atom. The predicted molar refractivity (Wildman–Crippen MR) is 55.3 cm³/mol. The zero-order chi connectivity index (χ0) is 10.9. The molecule has 1 nitrogen and oxygen atoms in total. The number of alkyl halides is 2. The third-order valence-corrected chi connectivity index (χ3v) is 3.66. The number of carbonyl (C=O) groups excluding carboxylic acids is 1. The van der Waals surface area contributed by atoms with Crippen LogP contribution in [0.15, 0.2) is 17.5 Å². The van der Waals surface area contributed by atoms with E-state index in [-0.39, 0.29) is 18.6 Å². The zero-order valence-corrected chi connectivity index (χ0v) is 9.03. The van der Waals surface area contributed by atoms with Gasteiger partial charge in [0.15, 0.2) is 0 Å². The van der Waals surface area contributed by atoms with Gasteiger partial charge in [-0.2, -0.15) is 0 Å². The summed E-state index contributed by atoms with van der Waals surface area (Å²) in [5.74, 6) is -3.08. The first-order valence-electron chi connectivity index (χ1n) is 5.00. The number of hydrogen-bond acceptors (Lipinski definition) is 2. The van der Waals surface area contributed by atoms with Gasteiger partial charge in [-0.1, -0.05) is 6.07 Å². The number of ketones is 1. The van der Waals surface area contributed by atoms with Crippen LogP contribution in [-0.4, -0.2) is 11.7 Å². The maximum Gasteiger partial charge on any atom is 0.248 e. The van der Waals surface area contributed by atoms with Crippen LogP contribution in [0.1, 0.15) is 24.1 Å². The van der Waals surface area contributed by atoms with Gasteiger partial charge in [0.1, 0.15) is 5.78 Å². The zero-order valence-electron chi connectivity index (χ0n) is 8.21. The molecular weight excluding hydrogens is 218 g/mol. The van der Waals surface area contributed by atoms with Gasteiger partial charge >= 0.3 is 0 Å². The average molecular weight is 230 g/mol. The van der Waals surface area contributed by atoms with E-state index in [0.29, 0.717) is 12.8 Å². The molecule has 0 radical (unpaired) electrons. The van der Waals surface area contributed by atoms with Gasteiger partial charge in [-0.3, -0.25) is 4.79 Å². The Hall–Kier alpha value is -0.770. The summed E-state index contributed by atoms with van der Waals surface area (Å²) < 4.78 is 25.8. The highest BCUT2D eigenvalue weighted by Crippen LogP contribution is 2.39. The molecule has 0 N–H and O–H groups in total. The molecule has 1 aliphatic carbocycles. The van der Waals surface area contributed by atoms with Crippen molar-refractivity contribution in [3.8, 4) is 0 Å². The summed E-state index contributed by atoms with van der Waals surface area (Å²) in [6, 6.07) is 3.74. The Balaban J connectivity index is 1.93. The molecule has 1 atom stereocenters. The van der Waals surface area contributed by atoms with Gasteiger partial charge < -0.3 is 0 Å². The highest BCUT2D eigenvalue weighted by atomic mass is 32.1. The first-order chi connectivity index (χ1) is 7.07. The minimum atomic E-state index is -2.62. The number of hydrogen-bond donors (Lipinski definition) is 0. The standard InChI is InChI=1S/C11H12F2OS/c12-11(13)4-3-8(7-11)10(14)6-9-2-1-5-15-9/h1-2,5,8H,3-4,6-7H2. The Labute approximate surface area is 91.1 Å². The number of rotatable bonds is 3.